The largest absolute Gasteiger partial charge is 0.308 e. The van der Waals surface area contributed by atoms with Crippen LogP contribution in [-0.2, 0) is 6.54 Å². The number of hydrogen-bond acceptors (Lipinski definition) is 1. The predicted octanol–water partition coefficient (Wildman–Crippen LogP) is 3.30. The van der Waals surface area contributed by atoms with Crippen LogP contribution in [0.3, 0.4) is 0 Å². The summed E-state index contributed by atoms with van der Waals surface area (Å²) in [6.45, 7) is 9.80. The van der Waals surface area contributed by atoms with Gasteiger partial charge in [0.2, 0.25) is 0 Å². The number of rotatable bonds is 4. The van der Waals surface area contributed by atoms with E-state index < -0.39 is 0 Å². The minimum Gasteiger partial charge on any atom is -0.308 e. The molecule has 0 fully saturated rings. The lowest BCUT2D eigenvalue weighted by atomic mass is 10.0. The molecule has 1 aromatic carbocycles. The van der Waals surface area contributed by atoms with Gasteiger partial charge in [-0.15, -0.1) is 0 Å². The summed E-state index contributed by atoms with van der Waals surface area (Å²) in [4.78, 5) is 0. The average Bonchev–Trinajstić information content (AvgIpc) is 2.12. The van der Waals surface area contributed by atoms with Crippen molar-refractivity contribution in [3.05, 3.63) is 46.0 Å². The Balaban J connectivity index is 2.59. The van der Waals surface area contributed by atoms with Crippen molar-refractivity contribution in [1.29, 1.82) is 0 Å². The molecule has 0 bridgehead atoms. The van der Waals surface area contributed by atoms with Gasteiger partial charge >= 0.3 is 0 Å². The van der Waals surface area contributed by atoms with Crippen LogP contribution in [0.25, 0.3) is 0 Å². The second-order valence-corrected chi connectivity index (χ2v) is 4.60. The first-order valence-corrected chi connectivity index (χ1v) is 5.49. The first-order valence-electron chi connectivity index (χ1n) is 4.70. The fourth-order valence-electron chi connectivity index (χ4n) is 1.34. The van der Waals surface area contributed by atoms with Crippen molar-refractivity contribution in [3.8, 4) is 0 Å². The summed E-state index contributed by atoms with van der Waals surface area (Å²) < 4.78 is 0.989. The van der Waals surface area contributed by atoms with Gasteiger partial charge in [0.1, 0.15) is 0 Å². The van der Waals surface area contributed by atoms with E-state index in [0.717, 1.165) is 17.6 Å². The summed E-state index contributed by atoms with van der Waals surface area (Å²) in [6, 6.07) is 6.40. The lowest BCUT2D eigenvalue weighted by Crippen LogP contribution is -2.15. The van der Waals surface area contributed by atoms with Crippen molar-refractivity contribution >= 4 is 15.9 Å². The molecular weight excluding hydrogens is 238 g/mol. The Hall–Kier alpha value is -0.600. The van der Waals surface area contributed by atoms with E-state index in [4.69, 9.17) is 0 Å². The Morgan fingerprint density at radius 1 is 1.43 bits per heavy atom. The zero-order valence-electron chi connectivity index (χ0n) is 8.73. The Morgan fingerprint density at radius 2 is 2.14 bits per heavy atom. The molecule has 1 N–H and O–H groups in total. The van der Waals surface area contributed by atoms with Crippen molar-refractivity contribution in [2.75, 3.05) is 6.54 Å². The highest BCUT2D eigenvalue weighted by Gasteiger charge is 1.99. The lowest BCUT2D eigenvalue weighted by molar-refractivity contribution is 0.752. The van der Waals surface area contributed by atoms with Crippen LogP contribution in [0.1, 0.15) is 16.7 Å². The van der Waals surface area contributed by atoms with Crippen molar-refractivity contribution in [2.24, 2.45) is 0 Å². The maximum Gasteiger partial charge on any atom is 0.0268 e. The first kappa shape index (κ1) is 11.5. The van der Waals surface area contributed by atoms with Crippen LogP contribution in [-0.4, -0.2) is 6.54 Å². The summed E-state index contributed by atoms with van der Waals surface area (Å²) in [5, 5.41) is 3.32. The van der Waals surface area contributed by atoms with E-state index in [1.54, 1.807) is 0 Å². The van der Waals surface area contributed by atoms with Crippen LogP contribution < -0.4 is 5.32 Å². The zero-order chi connectivity index (χ0) is 10.6. The van der Waals surface area contributed by atoms with Gasteiger partial charge in [-0.2, -0.15) is 0 Å². The molecule has 0 aliphatic heterocycles. The number of halogens is 1. The topological polar surface area (TPSA) is 12.0 Å². The molecule has 0 aromatic heterocycles. The van der Waals surface area contributed by atoms with Crippen LogP contribution in [0.15, 0.2) is 29.3 Å². The third kappa shape index (κ3) is 3.28. The second kappa shape index (κ2) is 5.32. The standard InChI is InChI=1S/C12H16BrN/c1-9-5-4-6-12(11(9)3)8-14-7-10(2)13/h4-6,14H,2,7-8H2,1,3H3. The highest BCUT2D eigenvalue weighted by atomic mass is 79.9. The van der Waals surface area contributed by atoms with Crippen LogP contribution >= 0.6 is 15.9 Å². The van der Waals surface area contributed by atoms with Crippen molar-refractivity contribution < 1.29 is 0 Å². The van der Waals surface area contributed by atoms with Gasteiger partial charge in [0.05, 0.1) is 0 Å². The van der Waals surface area contributed by atoms with Crippen molar-refractivity contribution in [1.82, 2.24) is 5.32 Å². The number of nitrogens with one attached hydrogen (secondary N) is 1. The molecule has 0 aliphatic rings. The minimum absolute atomic E-state index is 0.813. The van der Waals surface area contributed by atoms with E-state index in [-0.39, 0.29) is 0 Å². The number of aryl methyl sites for hydroxylation is 1. The van der Waals surface area contributed by atoms with Crippen LogP contribution in [0, 0.1) is 13.8 Å². The Bertz CT molecular complexity index is 331. The molecule has 1 nitrogen and oxygen atoms in total. The van der Waals surface area contributed by atoms with Crippen molar-refractivity contribution in [3.63, 3.8) is 0 Å². The molecule has 76 valence electrons. The quantitative estimate of drug-likeness (QED) is 0.869. The molecule has 14 heavy (non-hydrogen) atoms. The van der Waals surface area contributed by atoms with Gasteiger partial charge in [-0.1, -0.05) is 40.7 Å². The monoisotopic (exact) mass is 253 g/mol. The van der Waals surface area contributed by atoms with Gasteiger partial charge in [0.25, 0.3) is 0 Å². The van der Waals surface area contributed by atoms with Gasteiger partial charge < -0.3 is 5.32 Å². The van der Waals surface area contributed by atoms with Gasteiger partial charge in [0, 0.05) is 17.6 Å². The maximum atomic E-state index is 3.78. The van der Waals surface area contributed by atoms with E-state index in [0.29, 0.717) is 0 Å². The highest BCUT2D eigenvalue weighted by Crippen LogP contribution is 2.12. The Labute approximate surface area is 94.3 Å². The molecule has 1 rings (SSSR count). The van der Waals surface area contributed by atoms with E-state index in [2.05, 4.69) is 59.9 Å². The molecule has 0 saturated carbocycles. The normalized spacial score (nSPS) is 10.2. The molecule has 0 aliphatic carbocycles. The molecule has 0 atom stereocenters. The minimum atomic E-state index is 0.813. The van der Waals surface area contributed by atoms with E-state index >= 15 is 0 Å². The SMILES string of the molecule is C=C(Br)CNCc1cccc(C)c1C. The van der Waals surface area contributed by atoms with E-state index in [1.807, 2.05) is 0 Å². The van der Waals surface area contributed by atoms with Gasteiger partial charge in [-0.05, 0) is 30.5 Å². The van der Waals surface area contributed by atoms with Gasteiger partial charge in [-0.3, -0.25) is 0 Å². The Morgan fingerprint density at radius 3 is 2.79 bits per heavy atom. The predicted molar refractivity (Wildman–Crippen MR) is 65.7 cm³/mol. The lowest BCUT2D eigenvalue weighted by Gasteiger charge is -2.09. The Kier molecular flexibility index (Phi) is 4.36. The summed E-state index contributed by atoms with van der Waals surface area (Å²) in [7, 11) is 0. The molecule has 2 heteroatoms. The molecule has 0 spiro atoms. The van der Waals surface area contributed by atoms with Crippen LogP contribution in [0.5, 0.6) is 0 Å². The fraction of sp³-hybridized carbons (Fsp3) is 0.333. The van der Waals surface area contributed by atoms with Crippen LogP contribution in [0.2, 0.25) is 0 Å². The molecule has 0 radical (unpaired) electrons. The molecule has 0 unspecified atom stereocenters. The van der Waals surface area contributed by atoms with E-state index in [1.165, 1.54) is 16.7 Å². The summed E-state index contributed by atoms with van der Waals surface area (Å²) in [5.41, 5.74) is 4.08. The second-order valence-electron chi connectivity index (χ2n) is 3.48. The average molecular weight is 254 g/mol. The highest BCUT2D eigenvalue weighted by molar-refractivity contribution is 9.11. The van der Waals surface area contributed by atoms with Crippen LogP contribution in [0.4, 0.5) is 0 Å². The van der Waals surface area contributed by atoms with Gasteiger partial charge in [0.15, 0.2) is 0 Å². The van der Waals surface area contributed by atoms with Gasteiger partial charge in [-0.25, -0.2) is 0 Å². The molecule has 0 saturated heterocycles. The molecular formula is C12H16BrN. The molecule has 0 amide bonds. The number of hydrogen-bond donors (Lipinski definition) is 1. The van der Waals surface area contributed by atoms with Crippen molar-refractivity contribution in [2.45, 2.75) is 20.4 Å². The molecule has 1 aromatic rings. The summed E-state index contributed by atoms with van der Waals surface area (Å²) in [6.07, 6.45) is 0. The van der Waals surface area contributed by atoms with E-state index in [9.17, 15) is 0 Å². The zero-order valence-corrected chi connectivity index (χ0v) is 10.3. The smallest absolute Gasteiger partial charge is 0.0268 e. The summed E-state index contributed by atoms with van der Waals surface area (Å²) in [5.74, 6) is 0. The first-order chi connectivity index (χ1) is 6.61. The fourth-order valence-corrected chi connectivity index (χ4v) is 1.53. The maximum absolute atomic E-state index is 3.78. The molecule has 0 heterocycles. The number of benzene rings is 1. The summed E-state index contributed by atoms with van der Waals surface area (Å²) >= 11 is 3.32. The third-order valence-corrected chi connectivity index (χ3v) is 2.63. The third-order valence-electron chi connectivity index (χ3n) is 2.35.